The first-order valence-corrected chi connectivity index (χ1v) is 34.8. The van der Waals surface area contributed by atoms with E-state index in [1.165, 1.54) is 34.7 Å². The summed E-state index contributed by atoms with van der Waals surface area (Å²) in [4.78, 5) is 107. The van der Waals surface area contributed by atoms with Crippen LogP contribution in [0.25, 0.3) is 0 Å². The van der Waals surface area contributed by atoms with Crippen molar-refractivity contribution in [2.45, 2.75) is 96.8 Å². The van der Waals surface area contributed by atoms with E-state index in [9.17, 15) is 52.6 Å². The molecule has 1 fully saturated rings. The minimum atomic E-state index is -5.80. The zero-order chi connectivity index (χ0) is 64.4. The maximum atomic E-state index is 13.0. The van der Waals surface area contributed by atoms with Crippen LogP contribution in [0.4, 0.5) is 5.69 Å². The van der Waals surface area contributed by atoms with Gasteiger partial charge in [0.05, 0.1) is 83.3 Å². The molecule has 34 heteroatoms. The number of rotatable bonds is 37. The number of allylic oxidation sites excluding steroid dienone is 3. The topological polar surface area (TPSA) is 399 Å². The first-order valence-electron chi connectivity index (χ1n) is 28.0. The van der Waals surface area contributed by atoms with Gasteiger partial charge in [0.2, 0.25) is 11.8 Å². The molecule has 7 atom stereocenters. The first kappa shape index (κ1) is 72.2. The number of anilines is 1. The molecule has 1 saturated heterocycles. The lowest BCUT2D eigenvalue weighted by atomic mass is 9.73. The zero-order valence-corrected chi connectivity index (χ0v) is 54.0. The van der Waals surface area contributed by atoms with E-state index in [-0.39, 0.29) is 106 Å². The fourth-order valence-corrected chi connectivity index (χ4v) is 14.6. The zero-order valence-electron chi connectivity index (χ0n) is 49.7. The van der Waals surface area contributed by atoms with Gasteiger partial charge in [-0.1, -0.05) is 39.8 Å². The Labute approximate surface area is 515 Å². The van der Waals surface area contributed by atoms with Gasteiger partial charge in [0, 0.05) is 90.8 Å². The van der Waals surface area contributed by atoms with Crippen molar-refractivity contribution in [1.82, 2.24) is 20.2 Å². The van der Waals surface area contributed by atoms with E-state index in [1.807, 2.05) is 59.8 Å². The van der Waals surface area contributed by atoms with Crippen molar-refractivity contribution in [3.63, 3.8) is 0 Å². The van der Waals surface area contributed by atoms with Gasteiger partial charge in [-0.05, 0) is 82.9 Å². The number of nitrogens with one attached hydrogen (secondary N) is 4. The van der Waals surface area contributed by atoms with E-state index in [2.05, 4.69) is 46.7 Å². The maximum Gasteiger partial charge on any atom is 0.490 e. The number of hydrogen-bond acceptors (Lipinski definition) is 22. The second-order valence-electron chi connectivity index (χ2n) is 20.8. The van der Waals surface area contributed by atoms with Crippen molar-refractivity contribution < 1.29 is 99.1 Å². The Balaban J connectivity index is 0.812. The number of aromatic carboxylic acids is 1. The van der Waals surface area contributed by atoms with Gasteiger partial charge in [-0.2, -0.15) is 8.62 Å². The minimum Gasteiger partial charge on any atom is -0.478 e. The van der Waals surface area contributed by atoms with Gasteiger partial charge < -0.3 is 73.8 Å². The Morgan fingerprint density at radius 2 is 1.53 bits per heavy atom. The number of carboxylic acids is 1. The van der Waals surface area contributed by atoms with E-state index in [4.69, 9.17) is 47.5 Å². The lowest BCUT2D eigenvalue weighted by Gasteiger charge is -2.37. The summed E-state index contributed by atoms with van der Waals surface area (Å²) >= 11 is 0. The smallest absolute Gasteiger partial charge is 0.478 e. The molecule has 88 heavy (non-hydrogen) atoms. The molecule has 5 unspecified atom stereocenters. The second-order valence-corrected chi connectivity index (χ2v) is 28.2. The summed E-state index contributed by atoms with van der Waals surface area (Å²) in [7, 11) is -14.3. The predicted molar refractivity (Wildman–Crippen MR) is 326 cm³/mol. The molecule has 2 amide bonds. The standard InChI is InChI=1S/C54H77N6O23P3S2/c1-8-55-41-26-43-39(22-33(41)3)50(40-23-34(4)42(56-9-2)27-44(40)80-43)37-11-10-36(24-38(37)52(64)65)25-48(62)57-13-15-75-17-19-77-21-20-76-18-16-74-14-12-47(61)58-31-54(6,7)88-87-32-78-45-28-49(60-29-35(5)51(63)59-53(60)66)81-46(45)30-79-85(70,71)83-86(72,73)82-84(67,68)69/h10-11,22-24,26-27,29,39,45-46,49-50,56H,8-9,12-21,25,28,30-32H2,1-7H3,(H,57,62)(H,58,61)(H,64,65)(H,70,71)(H,72,73)(H,59,63,66)(H2,67,68,69)/t39?,45?,46-,49-,50?/m1/s1. The molecule has 2 aromatic carbocycles. The van der Waals surface area contributed by atoms with Gasteiger partial charge in [0.25, 0.3) is 5.56 Å². The number of aryl methyl sites for hydroxylation is 2. The molecule has 0 radical (unpaired) electrons. The third-order valence-corrected chi connectivity index (χ3v) is 20.1. The number of H-pyrrole nitrogens is 1. The van der Waals surface area contributed by atoms with Crippen molar-refractivity contribution in [2.75, 3.05) is 96.9 Å². The van der Waals surface area contributed by atoms with Gasteiger partial charge in [-0.25, -0.2) is 23.3 Å². The predicted octanol–water partition coefficient (Wildman–Crippen LogP) is 5.79. The summed E-state index contributed by atoms with van der Waals surface area (Å²) in [6, 6.07) is 9.22. The Kier molecular flexibility index (Phi) is 27.5. The van der Waals surface area contributed by atoms with Crippen molar-refractivity contribution in [3.05, 3.63) is 114 Å². The molecular weight excluding hydrogens is 1260 g/mol. The Morgan fingerprint density at radius 1 is 0.852 bits per heavy atom. The number of benzene rings is 2. The van der Waals surface area contributed by atoms with Crippen molar-refractivity contribution in [2.24, 2.45) is 10.9 Å². The van der Waals surface area contributed by atoms with Gasteiger partial charge in [0.1, 0.15) is 29.8 Å². The maximum absolute atomic E-state index is 13.0. The van der Waals surface area contributed by atoms with Gasteiger partial charge in [-0.3, -0.25) is 33.5 Å². The molecule has 3 heterocycles. The lowest BCUT2D eigenvalue weighted by Crippen LogP contribution is -2.36. The molecular formula is C54H77N6O23P3S2. The summed E-state index contributed by atoms with van der Waals surface area (Å²) in [5.74, 6) is -0.956. The van der Waals surface area contributed by atoms with Gasteiger partial charge in [-0.15, -0.1) is 0 Å². The number of nitrogens with zero attached hydrogens (tertiary/aromatic N) is 2. The summed E-state index contributed by atoms with van der Waals surface area (Å²) in [6.45, 7) is 16.3. The number of fused-ring (bicyclic) bond motifs is 2. The van der Waals surface area contributed by atoms with Crippen LogP contribution in [-0.2, 0) is 71.3 Å². The van der Waals surface area contributed by atoms with Crippen molar-refractivity contribution in [1.29, 1.82) is 0 Å². The van der Waals surface area contributed by atoms with Crippen LogP contribution in [-0.4, -0.2) is 166 Å². The van der Waals surface area contributed by atoms with E-state index >= 15 is 0 Å². The largest absolute Gasteiger partial charge is 0.490 e. The third kappa shape index (κ3) is 22.5. The molecule has 3 aliphatic rings. The summed E-state index contributed by atoms with van der Waals surface area (Å²) in [5.41, 5.74) is 4.62. The molecule has 9 N–H and O–H groups in total. The summed E-state index contributed by atoms with van der Waals surface area (Å²) in [5, 5.41) is 19.6. The molecule has 3 aromatic rings. The van der Waals surface area contributed by atoms with E-state index < -0.39 is 70.5 Å². The van der Waals surface area contributed by atoms with Crippen LogP contribution in [0.15, 0.2) is 74.6 Å². The number of phosphoric ester groups is 1. The molecule has 29 nitrogen and oxygen atoms in total. The molecule has 6 rings (SSSR count). The van der Waals surface area contributed by atoms with Gasteiger partial charge in [0.15, 0.2) is 0 Å². The Bertz CT molecular complexity index is 3300. The van der Waals surface area contributed by atoms with E-state index in [0.717, 1.165) is 39.2 Å². The van der Waals surface area contributed by atoms with Crippen molar-refractivity contribution in [3.8, 4) is 5.75 Å². The highest BCUT2D eigenvalue weighted by atomic mass is 33.1. The number of carboxylic acid groups (broad SMARTS) is 1. The number of phosphoric acid groups is 3. The number of aromatic nitrogens is 2. The molecule has 0 saturated carbocycles. The van der Waals surface area contributed by atoms with Crippen LogP contribution in [0.1, 0.15) is 97.8 Å². The van der Waals surface area contributed by atoms with Crippen LogP contribution < -0.4 is 31.9 Å². The van der Waals surface area contributed by atoms with Crippen LogP contribution in [0.3, 0.4) is 0 Å². The highest BCUT2D eigenvalue weighted by Gasteiger charge is 2.44. The molecule has 2 aliphatic heterocycles. The normalized spacial score (nSPS) is 20.2. The van der Waals surface area contributed by atoms with Gasteiger partial charge >= 0.3 is 35.1 Å². The lowest BCUT2D eigenvalue weighted by molar-refractivity contribution is -0.122. The number of carbonyl (C=O) groups excluding carboxylic acids is 2. The fourth-order valence-electron chi connectivity index (χ4n) is 9.39. The number of carbonyl (C=O) groups is 3. The molecule has 488 valence electrons. The third-order valence-electron chi connectivity index (χ3n) is 13.4. The van der Waals surface area contributed by atoms with Crippen LogP contribution in [0.5, 0.6) is 5.75 Å². The highest BCUT2D eigenvalue weighted by molar-refractivity contribution is 8.77. The Morgan fingerprint density at radius 3 is 2.19 bits per heavy atom. The SMILES string of the molecule is CCN=C1C=C2Oc3cc(NCC)c(C)cc3C(c3ccc(CC(=O)NCCOCCOCCOCCOCCC(=O)NCC(C)(C)SSCOC4C[C@H](n5cc(C)c(=O)[nH]c5=O)O[C@@H]4COP(=O)(O)OP(=O)(O)OP(=O)(O)O)cc3C(=O)O)C2C=C1C. The van der Waals surface area contributed by atoms with E-state index in [1.54, 1.807) is 12.1 Å². The highest BCUT2D eigenvalue weighted by Crippen LogP contribution is 2.66. The average Bonchev–Trinajstić information content (AvgIpc) is 0.876. The summed E-state index contributed by atoms with van der Waals surface area (Å²) < 4.78 is 88.7. The second kappa shape index (κ2) is 33.5. The molecule has 0 bridgehead atoms. The monoisotopic (exact) mass is 1330 g/mol. The number of ether oxygens (including phenoxy) is 7. The van der Waals surface area contributed by atoms with Crippen LogP contribution in [0, 0.1) is 19.8 Å². The Hall–Kier alpha value is -4.85. The number of aliphatic imine (C=N–C) groups is 1. The quantitative estimate of drug-likeness (QED) is 0.0143. The molecule has 1 aliphatic carbocycles. The number of aromatic amines is 1. The molecule has 1 aromatic heterocycles. The fraction of sp³-hybridized carbons (Fsp3) is 0.556. The van der Waals surface area contributed by atoms with Crippen LogP contribution >= 0.6 is 45.1 Å². The van der Waals surface area contributed by atoms with E-state index in [0.29, 0.717) is 49.0 Å². The summed E-state index contributed by atoms with van der Waals surface area (Å²) in [6.07, 6.45) is 2.06. The van der Waals surface area contributed by atoms with Crippen molar-refractivity contribution >= 4 is 74.2 Å². The van der Waals surface area contributed by atoms with Crippen LogP contribution in [0.2, 0.25) is 0 Å². The molecule has 0 spiro atoms. The minimum absolute atomic E-state index is 0.0171. The first-order chi connectivity index (χ1) is 41.6. The average molecular weight is 1340 g/mol. The number of amides is 2. The number of hydrogen-bond donors (Lipinski definition) is 9.